The third-order valence-electron chi connectivity index (χ3n) is 3.17. The van der Waals surface area contributed by atoms with Crippen molar-refractivity contribution in [1.82, 2.24) is 5.32 Å². The lowest BCUT2D eigenvalue weighted by Crippen LogP contribution is -2.34. The molecule has 1 amide bonds. The van der Waals surface area contributed by atoms with Gasteiger partial charge in [-0.15, -0.1) is 11.6 Å². The normalized spacial score (nSPS) is 17.7. The molecule has 1 unspecified atom stereocenters. The van der Waals surface area contributed by atoms with Crippen LogP contribution in [0.1, 0.15) is 36.6 Å². The van der Waals surface area contributed by atoms with Crippen LogP contribution in [0.4, 0.5) is 0 Å². The second-order valence-electron chi connectivity index (χ2n) is 4.53. The lowest BCUT2D eigenvalue weighted by atomic mass is 10.1. The van der Waals surface area contributed by atoms with E-state index in [4.69, 9.17) is 34.8 Å². The van der Waals surface area contributed by atoms with E-state index in [1.807, 2.05) is 0 Å². The van der Waals surface area contributed by atoms with Crippen LogP contribution in [0, 0.1) is 0 Å². The van der Waals surface area contributed by atoms with E-state index in [-0.39, 0.29) is 11.9 Å². The lowest BCUT2D eigenvalue weighted by molar-refractivity contribution is -0.121. The third kappa shape index (κ3) is 3.31. The molecule has 5 heteroatoms. The zero-order chi connectivity index (χ0) is 13.1. The molecule has 1 saturated carbocycles. The van der Waals surface area contributed by atoms with Gasteiger partial charge in [0, 0.05) is 6.04 Å². The van der Waals surface area contributed by atoms with Crippen molar-refractivity contribution in [2.75, 3.05) is 0 Å². The molecule has 1 fully saturated rings. The Morgan fingerprint density at radius 2 is 1.89 bits per heavy atom. The molecule has 1 aliphatic carbocycles. The standard InChI is InChI=1S/C13H14Cl3NO/c14-10-6-5-8(7-11(10)15)12(16)13(18)17-9-3-1-2-4-9/h5-7,9,12H,1-4H2,(H,17,18). The molecular weight excluding hydrogens is 293 g/mol. The minimum Gasteiger partial charge on any atom is -0.352 e. The Labute approximate surface area is 122 Å². The summed E-state index contributed by atoms with van der Waals surface area (Å²) in [7, 11) is 0. The Balaban J connectivity index is 2.02. The second-order valence-corrected chi connectivity index (χ2v) is 5.78. The third-order valence-corrected chi connectivity index (χ3v) is 4.36. The molecule has 0 aliphatic heterocycles. The highest BCUT2D eigenvalue weighted by atomic mass is 35.5. The van der Waals surface area contributed by atoms with Gasteiger partial charge in [0.05, 0.1) is 10.0 Å². The summed E-state index contributed by atoms with van der Waals surface area (Å²) in [6, 6.07) is 5.27. The van der Waals surface area contributed by atoms with Crippen molar-refractivity contribution in [2.45, 2.75) is 37.1 Å². The van der Waals surface area contributed by atoms with Gasteiger partial charge >= 0.3 is 0 Å². The van der Waals surface area contributed by atoms with E-state index in [0.717, 1.165) is 12.8 Å². The Bertz CT molecular complexity index is 444. The zero-order valence-electron chi connectivity index (χ0n) is 9.76. The first-order chi connectivity index (χ1) is 8.58. The molecule has 1 N–H and O–H groups in total. The number of carbonyl (C=O) groups excluding carboxylic acids is 1. The Morgan fingerprint density at radius 3 is 2.50 bits per heavy atom. The van der Waals surface area contributed by atoms with Crippen LogP contribution in [0.15, 0.2) is 18.2 Å². The molecular formula is C13H14Cl3NO. The van der Waals surface area contributed by atoms with E-state index in [9.17, 15) is 4.79 Å². The number of hydrogen-bond donors (Lipinski definition) is 1. The summed E-state index contributed by atoms with van der Waals surface area (Å²) in [5, 5.41) is 3.11. The van der Waals surface area contributed by atoms with Crippen LogP contribution < -0.4 is 5.32 Å². The fourth-order valence-electron chi connectivity index (χ4n) is 2.17. The van der Waals surface area contributed by atoms with Crippen molar-refractivity contribution >= 4 is 40.7 Å². The molecule has 98 valence electrons. The molecule has 1 aliphatic rings. The Morgan fingerprint density at radius 1 is 1.22 bits per heavy atom. The van der Waals surface area contributed by atoms with Crippen molar-refractivity contribution in [3.05, 3.63) is 33.8 Å². The smallest absolute Gasteiger partial charge is 0.242 e. The largest absolute Gasteiger partial charge is 0.352 e. The molecule has 0 heterocycles. The van der Waals surface area contributed by atoms with E-state index in [0.29, 0.717) is 15.6 Å². The van der Waals surface area contributed by atoms with Gasteiger partial charge in [0.25, 0.3) is 0 Å². The van der Waals surface area contributed by atoms with Crippen molar-refractivity contribution in [3.63, 3.8) is 0 Å². The predicted octanol–water partition coefficient (Wildman–Crippen LogP) is 4.33. The maximum atomic E-state index is 12.0. The number of alkyl halides is 1. The average Bonchev–Trinajstić information content (AvgIpc) is 2.84. The number of hydrogen-bond acceptors (Lipinski definition) is 1. The Kier molecular flexibility index (Phi) is 4.77. The van der Waals surface area contributed by atoms with Gasteiger partial charge in [-0.05, 0) is 30.5 Å². The first-order valence-corrected chi connectivity index (χ1v) is 7.16. The fourth-order valence-corrected chi connectivity index (χ4v) is 2.67. The van der Waals surface area contributed by atoms with E-state index >= 15 is 0 Å². The first kappa shape index (κ1) is 14.0. The van der Waals surface area contributed by atoms with Crippen LogP contribution in [-0.4, -0.2) is 11.9 Å². The van der Waals surface area contributed by atoms with Crippen LogP contribution >= 0.6 is 34.8 Å². The summed E-state index contributed by atoms with van der Waals surface area (Å²) in [4.78, 5) is 12.0. The van der Waals surface area contributed by atoms with Crippen molar-refractivity contribution in [1.29, 1.82) is 0 Å². The maximum Gasteiger partial charge on any atom is 0.242 e. The minimum absolute atomic E-state index is 0.165. The molecule has 0 aromatic heterocycles. The quantitative estimate of drug-likeness (QED) is 0.827. The molecule has 2 rings (SSSR count). The maximum absolute atomic E-state index is 12.0. The van der Waals surface area contributed by atoms with Crippen LogP contribution in [0.25, 0.3) is 0 Å². The molecule has 0 spiro atoms. The van der Waals surface area contributed by atoms with Crippen LogP contribution in [-0.2, 0) is 4.79 Å². The van der Waals surface area contributed by atoms with Gasteiger partial charge in [0.1, 0.15) is 5.38 Å². The molecule has 0 bridgehead atoms. The van der Waals surface area contributed by atoms with Gasteiger partial charge in [-0.25, -0.2) is 0 Å². The molecule has 1 aromatic carbocycles. The van der Waals surface area contributed by atoms with Crippen molar-refractivity contribution in [3.8, 4) is 0 Å². The van der Waals surface area contributed by atoms with E-state index in [1.165, 1.54) is 12.8 Å². The zero-order valence-corrected chi connectivity index (χ0v) is 12.0. The van der Waals surface area contributed by atoms with Gasteiger partial charge in [0.15, 0.2) is 0 Å². The summed E-state index contributed by atoms with van der Waals surface area (Å²) in [5.41, 5.74) is 0.668. The second kappa shape index (κ2) is 6.14. The average molecular weight is 307 g/mol. The number of benzene rings is 1. The highest BCUT2D eigenvalue weighted by molar-refractivity contribution is 6.42. The summed E-state index contributed by atoms with van der Waals surface area (Å²) in [6.07, 6.45) is 4.42. The minimum atomic E-state index is -0.722. The van der Waals surface area contributed by atoms with Crippen molar-refractivity contribution < 1.29 is 4.79 Å². The van der Waals surface area contributed by atoms with Crippen molar-refractivity contribution in [2.24, 2.45) is 0 Å². The lowest BCUT2D eigenvalue weighted by Gasteiger charge is -2.15. The SMILES string of the molecule is O=C(NC1CCCC1)C(Cl)c1ccc(Cl)c(Cl)c1. The molecule has 0 radical (unpaired) electrons. The molecule has 2 nitrogen and oxygen atoms in total. The summed E-state index contributed by atoms with van der Waals surface area (Å²) in [5.74, 6) is -0.165. The van der Waals surface area contributed by atoms with Gasteiger partial charge in [-0.3, -0.25) is 4.79 Å². The van der Waals surface area contributed by atoms with Gasteiger partial charge in [-0.2, -0.15) is 0 Å². The number of carbonyl (C=O) groups is 1. The first-order valence-electron chi connectivity index (χ1n) is 5.97. The van der Waals surface area contributed by atoms with Crippen LogP contribution in [0.3, 0.4) is 0 Å². The Hall–Kier alpha value is -0.440. The summed E-state index contributed by atoms with van der Waals surface area (Å²) >= 11 is 17.9. The van der Waals surface area contributed by atoms with E-state index in [1.54, 1.807) is 18.2 Å². The monoisotopic (exact) mass is 305 g/mol. The van der Waals surface area contributed by atoms with Gasteiger partial charge in [0.2, 0.25) is 5.91 Å². The number of nitrogens with one attached hydrogen (secondary N) is 1. The molecule has 18 heavy (non-hydrogen) atoms. The number of amides is 1. The van der Waals surface area contributed by atoms with Gasteiger partial charge in [-0.1, -0.05) is 42.1 Å². The topological polar surface area (TPSA) is 29.1 Å². The summed E-state index contributed by atoms with van der Waals surface area (Å²) < 4.78 is 0. The number of rotatable bonds is 3. The van der Waals surface area contributed by atoms with Gasteiger partial charge < -0.3 is 5.32 Å². The highest BCUT2D eigenvalue weighted by Gasteiger charge is 2.23. The van der Waals surface area contributed by atoms with E-state index in [2.05, 4.69) is 5.32 Å². The van der Waals surface area contributed by atoms with E-state index < -0.39 is 5.38 Å². The van der Waals surface area contributed by atoms with Crippen LogP contribution in [0.2, 0.25) is 10.0 Å². The number of halogens is 3. The predicted molar refractivity (Wildman–Crippen MR) is 75.5 cm³/mol. The fraction of sp³-hybridized carbons (Fsp3) is 0.462. The van der Waals surface area contributed by atoms with Crippen LogP contribution in [0.5, 0.6) is 0 Å². The molecule has 1 aromatic rings. The molecule has 0 saturated heterocycles. The highest BCUT2D eigenvalue weighted by Crippen LogP contribution is 2.29. The molecule has 1 atom stereocenters. The summed E-state index contributed by atoms with van der Waals surface area (Å²) in [6.45, 7) is 0.